The van der Waals surface area contributed by atoms with E-state index in [2.05, 4.69) is 73.3 Å². The Morgan fingerprint density at radius 3 is 1.03 bits per heavy atom. The van der Waals surface area contributed by atoms with E-state index in [1.807, 2.05) is 0 Å². The maximum Gasteiger partial charge on any atom is -0.000665 e. The van der Waals surface area contributed by atoms with Crippen molar-refractivity contribution < 1.29 is 0 Å². The molecule has 0 aliphatic carbocycles. The van der Waals surface area contributed by atoms with Gasteiger partial charge in [0.2, 0.25) is 0 Å². The lowest BCUT2D eigenvalue weighted by Gasteiger charge is -2.25. The van der Waals surface area contributed by atoms with E-state index < -0.39 is 0 Å². The van der Waals surface area contributed by atoms with Gasteiger partial charge in [0, 0.05) is 0 Å². The Labute approximate surface area is 235 Å². The summed E-state index contributed by atoms with van der Waals surface area (Å²) in [5, 5.41) is 0. The van der Waals surface area contributed by atoms with Crippen LogP contribution >= 0.6 is 0 Å². The Balaban J connectivity index is 3.69. The fraction of sp³-hybridized carbons (Fsp3) is 1.00. The second-order valence-electron chi connectivity index (χ2n) is 11.7. The molecule has 0 bridgehead atoms. The van der Waals surface area contributed by atoms with Gasteiger partial charge in [-0.25, -0.2) is 0 Å². The minimum Gasteiger partial charge on any atom is -0.306 e. The smallest absolute Gasteiger partial charge is 0.000665 e. The van der Waals surface area contributed by atoms with E-state index in [9.17, 15) is 0 Å². The summed E-state index contributed by atoms with van der Waals surface area (Å²) in [7, 11) is 6.92. The summed E-state index contributed by atoms with van der Waals surface area (Å²) in [6, 6.07) is 0. The topological polar surface area (TPSA) is 16.2 Å². The first-order valence-electron chi connectivity index (χ1n) is 16.5. The molecule has 0 N–H and O–H groups in total. The maximum absolute atomic E-state index is 2.65. The van der Waals surface area contributed by atoms with Gasteiger partial charge in [0.05, 0.1) is 0 Å². The predicted octanol–water partition coefficient (Wildman–Crippen LogP) is 6.54. The van der Waals surface area contributed by atoms with E-state index in [1.165, 1.54) is 162 Å². The predicted molar refractivity (Wildman–Crippen MR) is 168 cm³/mol. The van der Waals surface area contributed by atoms with E-state index in [4.69, 9.17) is 0 Å². The molecule has 224 valence electrons. The normalized spacial score (nSPS) is 12.3. The number of hydrogen-bond donors (Lipinski definition) is 0. The second-order valence-corrected chi connectivity index (χ2v) is 11.7. The molecule has 37 heavy (non-hydrogen) atoms. The summed E-state index contributed by atoms with van der Waals surface area (Å²) >= 11 is 0. The maximum atomic E-state index is 2.65. The van der Waals surface area contributed by atoms with Gasteiger partial charge in [0.25, 0.3) is 0 Å². The summed E-state index contributed by atoms with van der Waals surface area (Å²) in [6.45, 7) is 24.1. The van der Waals surface area contributed by atoms with Crippen LogP contribution in [0.15, 0.2) is 0 Å². The number of rotatable bonds is 29. The Bertz CT molecular complexity index is 447. The third kappa shape index (κ3) is 24.6. The van der Waals surface area contributed by atoms with Crippen molar-refractivity contribution in [2.45, 2.75) is 111 Å². The van der Waals surface area contributed by atoms with Gasteiger partial charge in [0.1, 0.15) is 0 Å². The highest BCUT2D eigenvalue weighted by Gasteiger charge is 2.07. The molecule has 0 aliphatic heterocycles. The monoisotopic (exact) mass is 526 g/mol. The summed E-state index contributed by atoms with van der Waals surface area (Å²) in [6.07, 6.45) is 17.6. The fourth-order valence-corrected chi connectivity index (χ4v) is 5.19. The molecule has 0 saturated carbocycles. The molecule has 0 unspecified atom stereocenters. The molecule has 0 rings (SSSR count). The molecule has 0 heterocycles. The van der Waals surface area contributed by atoms with Crippen molar-refractivity contribution in [1.29, 1.82) is 0 Å². The number of hydrogen-bond acceptors (Lipinski definition) is 5. The van der Waals surface area contributed by atoms with Crippen molar-refractivity contribution >= 4 is 0 Å². The molecule has 0 aliphatic rings. The van der Waals surface area contributed by atoms with Gasteiger partial charge in [-0.2, -0.15) is 0 Å². The van der Waals surface area contributed by atoms with Crippen LogP contribution in [0.2, 0.25) is 0 Å². The van der Waals surface area contributed by atoms with E-state index in [1.54, 1.807) is 0 Å². The van der Waals surface area contributed by atoms with Gasteiger partial charge < -0.3 is 24.5 Å². The number of unbranched alkanes of at least 4 members (excludes halogenated alkanes) is 7. The Kier molecular flexibility index (Phi) is 27.2. The zero-order chi connectivity index (χ0) is 27.6. The van der Waals surface area contributed by atoms with E-state index in [-0.39, 0.29) is 0 Å². The zero-order valence-corrected chi connectivity index (χ0v) is 26.9. The van der Waals surface area contributed by atoms with Gasteiger partial charge in [-0.15, -0.1) is 0 Å². The molecule has 0 radical (unpaired) electrons. The van der Waals surface area contributed by atoms with Gasteiger partial charge in [-0.05, 0) is 145 Å². The highest BCUT2D eigenvalue weighted by atomic mass is 15.2. The minimum atomic E-state index is 1.19. The third-order valence-corrected chi connectivity index (χ3v) is 7.99. The van der Waals surface area contributed by atoms with Crippen LogP contribution in [0.5, 0.6) is 0 Å². The number of nitrogens with zero attached hydrogens (tertiary/aromatic N) is 5. The van der Waals surface area contributed by atoms with Crippen LogP contribution in [0.3, 0.4) is 0 Å². The van der Waals surface area contributed by atoms with Crippen molar-refractivity contribution in [2.24, 2.45) is 0 Å². The third-order valence-electron chi connectivity index (χ3n) is 7.99. The van der Waals surface area contributed by atoms with Crippen LogP contribution in [-0.2, 0) is 0 Å². The molecule has 0 aromatic heterocycles. The van der Waals surface area contributed by atoms with Crippen molar-refractivity contribution in [3.63, 3.8) is 0 Å². The molecule has 0 amide bonds. The Morgan fingerprint density at radius 1 is 0.297 bits per heavy atom. The SMILES string of the molecule is CCCCCCCCN(C)CCCN(C)CCCCN(C)CCCN(CC)CCCN(CC)CCCC. The van der Waals surface area contributed by atoms with Crippen LogP contribution in [0.4, 0.5) is 0 Å². The molecule has 0 aromatic carbocycles. The van der Waals surface area contributed by atoms with Crippen LogP contribution in [0, 0.1) is 0 Å². The van der Waals surface area contributed by atoms with Crippen molar-refractivity contribution in [1.82, 2.24) is 24.5 Å². The molecular formula is C32H71N5. The highest BCUT2D eigenvalue weighted by Crippen LogP contribution is 2.06. The van der Waals surface area contributed by atoms with Crippen molar-refractivity contribution in [3.8, 4) is 0 Å². The molecule has 0 fully saturated rings. The molecule has 0 aromatic rings. The standard InChI is InChI=1S/C32H71N5/c1-8-12-14-15-16-17-23-33(5)26-20-27-34(6)24-18-19-25-35(7)28-21-30-37(11-4)32-22-31-36(10-3)29-13-9-2/h8-32H2,1-7H3. The first kappa shape index (κ1) is 36.8. The first-order valence-corrected chi connectivity index (χ1v) is 16.5. The van der Waals surface area contributed by atoms with Crippen molar-refractivity contribution in [2.75, 3.05) is 99.7 Å². The largest absolute Gasteiger partial charge is 0.306 e. The van der Waals surface area contributed by atoms with Gasteiger partial charge in [-0.3, -0.25) is 0 Å². The fourth-order valence-electron chi connectivity index (χ4n) is 5.19. The quantitative estimate of drug-likeness (QED) is 0.103. The molecule has 5 nitrogen and oxygen atoms in total. The average Bonchev–Trinajstić information content (AvgIpc) is 2.89. The lowest BCUT2D eigenvalue weighted by Crippen LogP contribution is -2.32. The molecule has 0 spiro atoms. The van der Waals surface area contributed by atoms with Crippen molar-refractivity contribution in [3.05, 3.63) is 0 Å². The minimum absolute atomic E-state index is 1.19. The summed E-state index contributed by atoms with van der Waals surface area (Å²) in [5.74, 6) is 0. The second kappa shape index (κ2) is 27.4. The zero-order valence-electron chi connectivity index (χ0n) is 26.9. The lowest BCUT2D eigenvalue weighted by molar-refractivity contribution is 0.222. The van der Waals surface area contributed by atoms with Crippen LogP contribution < -0.4 is 0 Å². The molecular weight excluding hydrogens is 454 g/mol. The first-order chi connectivity index (χ1) is 18.0. The Morgan fingerprint density at radius 2 is 0.595 bits per heavy atom. The molecule has 5 heteroatoms. The van der Waals surface area contributed by atoms with Gasteiger partial charge >= 0.3 is 0 Å². The average molecular weight is 526 g/mol. The van der Waals surface area contributed by atoms with Crippen LogP contribution in [0.25, 0.3) is 0 Å². The summed E-state index contributed by atoms with van der Waals surface area (Å²) < 4.78 is 0. The van der Waals surface area contributed by atoms with E-state index in [0.717, 1.165) is 0 Å². The highest BCUT2D eigenvalue weighted by molar-refractivity contribution is 4.63. The molecule has 0 saturated heterocycles. The lowest BCUT2D eigenvalue weighted by atomic mass is 10.1. The van der Waals surface area contributed by atoms with E-state index >= 15 is 0 Å². The summed E-state index contributed by atoms with van der Waals surface area (Å²) in [5.41, 5.74) is 0. The molecule has 0 atom stereocenters. The van der Waals surface area contributed by atoms with Crippen LogP contribution in [-0.4, -0.2) is 124 Å². The van der Waals surface area contributed by atoms with E-state index in [0.29, 0.717) is 0 Å². The van der Waals surface area contributed by atoms with Gasteiger partial charge in [-0.1, -0.05) is 66.2 Å². The van der Waals surface area contributed by atoms with Crippen LogP contribution in [0.1, 0.15) is 111 Å². The van der Waals surface area contributed by atoms with Gasteiger partial charge in [0.15, 0.2) is 0 Å². The Hall–Kier alpha value is -0.200. The summed E-state index contributed by atoms with van der Waals surface area (Å²) in [4.78, 5) is 12.9.